The monoisotopic (exact) mass is 272 g/mol. The van der Waals surface area contributed by atoms with Gasteiger partial charge in [-0.2, -0.15) is 5.26 Å². The van der Waals surface area contributed by atoms with Crippen LogP contribution in [0.5, 0.6) is 0 Å². The first kappa shape index (κ1) is 13.4. The van der Waals surface area contributed by atoms with Crippen molar-refractivity contribution in [3.05, 3.63) is 63.6 Å². The van der Waals surface area contributed by atoms with E-state index in [1.165, 1.54) is 30.5 Å². The molecule has 0 spiro atoms. The molecule has 20 heavy (non-hydrogen) atoms. The van der Waals surface area contributed by atoms with E-state index in [0.29, 0.717) is 11.3 Å². The molecule has 0 saturated carbocycles. The molecule has 0 aliphatic heterocycles. The Balaban J connectivity index is 2.05. The molecule has 0 atom stereocenters. The first-order valence-electron chi connectivity index (χ1n) is 5.63. The fourth-order valence-corrected chi connectivity index (χ4v) is 1.56. The average molecular weight is 272 g/mol. The molecule has 6 nitrogen and oxygen atoms in total. The van der Waals surface area contributed by atoms with Crippen molar-refractivity contribution in [2.45, 2.75) is 6.54 Å². The molecule has 1 aromatic carbocycles. The number of aromatic nitrogens is 1. The second-order valence-electron chi connectivity index (χ2n) is 3.93. The highest BCUT2D eigenvalue weighted by atomic mass is 19.1. The van der Waals surface area contributed by atoms with Gasteiger partial charge in [0.25, 0.3) is 0 Å². The van der Waals surface area contributed by atoms with E-state index in [2.05, 4.69) is 10.3 Å². The lowest BCUT2D eigenvalue weighted by molar-refractivity contribution is -0.389. The molecule has 1 heterocycles. The highest BCUT2D eigenvalue weighted by Crippen LogP contribution is 2.15. The Bertz CT molecular complexity index is 680. The number of nitrogens with one attached hydrogen (secondary N) is 1. The number of hydrogen-bond donors (Lipinski definition) is 1. The molecular weight excluding hydrogens is 263 g/mol. The molecule has 7 heteroatoms. The third-order valence-electron chi connectivity index (χ3n) is 2.60. The van der Waals surface area contributed by atoms with Crippen molar-refractivity contribution >= 4 is 11.5 Å². The Morgan fingerprint density at radius 1 is 1.40 bits per heavy atom. The van der Waals surface area contributed by atoms with Crippen molar-refractivity contribution < 1.29 is 9.31 Å². The fourth-order valence-electron chi connectivity index (χ4n) is 1.56. The minimum absolute atomic E-state index is 0.192. The van der Waals surface area contributed by atoms with Gasteiger partial charge >= 0.3 is 5.82 Å². The summed E-state index contributed by atoms with van der Waals surface area (Å²) in [5.41, 5.74) is 1.19. The lowest BCUT2D eigenvalue weighted by Gasteiger charge is -2.06. The minimum atomic E-state index is -0.593. The molecule has 2 rings (SSSR count). The number of nitrogens with zero attached hydrogens (tertiary/aromatic N) is 3. The highest BCUT2D eigenvalue weighted by molar-refractivity contribution is 5.44. The first-order valence-corrected chi connectivity index (χ1v) is 5.63. The van der Waals surface area contributed by atoms with E-state index in [1.807, 2.05) is 6.07 Å². The van der Waals surface area contributed by atoms with E-state index in [4.69, 9.17) is 5.26 Å². The summed E-state index contributed by atoms with van der Waals surface area (Å²) >= 11 is 0. The Labute approximate surface area is 113 Å². The lowest BCUT2D eigenvalue weighted by Crippen LogP contribution is -2.03. The van der Waals surface area contributed by atoms with E-state index >= 15 is 0 Å². The summed E-state index contributed by atoms with van der Waals surface area (Å²) in [6.07, 6.45) is 1.31. The van der Waals surface area contributed by atoms with Crippen molar-refractivity contribution in [1.29, 1.82) is 5.26 Å². The van der Waals surface area contributed by atoms with E-state index < -0.39 is 10.7 Å². The quantitative estimate of drug-likeness (QED) is 0.682. The van der Waals surface area contributed by atoms with Gasteiger partial charge in [-0.1, -0.05) is 6.07 Å². The molecule has 2 aromatic rings. The largest absolute Gasteiger partial charge is 0.378 e. The maximum Gasteiger partial charge on any atom is 0.363 e. The molecule has 0 saturated heterocycles. The van der Waals surface area contributed by atoms with Gasteiger partial charge in [-0.25, -0.2) is 4.39 Å². The molecule has 1 N–H and O–H groups in total. The lowest BCUT2D eigenvalue weighted by atomic mass is 10.1. The Hall–Kier alpha value is -3.01. The molecule has 0 fully saturated rings. The molecule has 0 amide bonds. The van der Waals surface area contributed by atoms with E-state index in [0.717, 1.165) is 6.07 Å². The predicted molar refractivity (Wildman–Crippen MR) is 69.3 cm³/mol. The van der Waals surface area contributed by atoms with Gasteiger partial charge in [-0.05, 0) is 28.1 Å². The van der Waals surface area contributed by atoms with Gasteiger partial charge in [-0.15, -0.1) is 0 Å². The molecular formula is C13H9FN4O2. The number of anilines is 1. The molecule has 100 valence electrons. The predicted octanol–water partition coefficient (Wildman–Crippen LogP) is 2.61. The molecule has 0 aliphatic carbocycles. The van der Waals surface area contributed by atoms with Crippen LogP contribution in [0, 0.1) is 27.3 Å². The van der Waals surface area contributed by atoms with Crippen molar-refractivity contribution in [3.63, 3.8) is 0 Å². The molecule has 1 aromatic heterocycles. The maximum absolute atomic E-state index is 13.6. The van der Waals surface area contributed by atoms with Crippen LogP contribution in [0.25, 0.3) is 0 Å². The van der Waals surface area contributed by atoms with Gasteiger partial charge in [0.2, 0.25) is 0 Å². The van der Waals surface area contributed by atoms with Crippen molar-refractivity contribution in [2.24, 2.45) is 0 Å². The van der Waals surface area contributed by atoms with Crippen LogP contribution in [0.1, 0.15) is 11.1 Å². The van der Waals surface area contributed by atoms with Gasteiger partial charge in [0, 0.05) is 18.2 Å². The topological polar surface area (TPSA) is 91.8 Å². The van der Waals surface area contributed by atoms with Crippen LogP contribution in [0.2, 0.25) is 0 Å². The standard InChI is InChI=1S/C13H9FN4O2/c14-12-5-9(6-15)1-2-10(12)7-16-11-3-4-13(17-8-11)18(19)20/h1-5,8,16H,7H2. The number of benzene rings is 1. The number of pyridine rings is 1. The Morgan fingerprint density at radius 2 is 2.20 bits per heavy atom. The summed E-state index contributed by atoms with van der Waals surface area (Å²) in [4.78, 5) is 13.5. The Kier molecular flexibility index (Phi) is 3.86. The average Bonchev–Trinajstić information content (AvgIpc) is 2.46. The van der Waals surface area contributed by atoms with Gasteiger partial charge in [0.1, 0.15) is 5.82 Å². The van der Waals surface area contributed by atoms with Crippen LogP contribution in [0.3, 0.4) is 0 Å². The summed E-state index contributed by atoms with van der Waals surface area (Å²) in [5.74, 6) is -0.730. The van der Waals surface area contributed by atoms with Crippen LogP contribution in [0.4, 0.5) is 15.9 Å². The molecule has 0 aliphatic rings. The number of rotatable bonds is 4. The number of hydrogen-bond acceptors (Lipinski definition) is 5. The first-order chi connectivity index (χ1) is 9.60. The zero-order valence-corrected chi connectivity index (χ0v) is 10.2. The summed E-state index contributed by atoms with van der Waals surface area (Å²) < 4.78 is 13.6. The van der Waals surface area contributed by atoms with Crippen LogP contribution < -0.4 is 5.32 Å². The number of halogens is 1. The number of nitro groups is 1. The van der Waals surface area contributed by atoms with Crippen LogP contribution in [-0.4, -0.2) is 9.91 Å². The van der Waals surface area contributed by atoms with Gasteiger partial charge < -0.3 is 15.4 Å². The molecule has 0 bridgehead atoms. The van der Waals surface area contributed by atoms with Gasteiger partial charge in [-0.3, -0.25) is 0 Å². The van der Waals surface area contributed by atoms with Gasteiger partial charge in [0.05, 0.1) is 17.3 Å². The minimum Gasteiger partial charge on any atom is -0.378 e. The zero-order chi connectivity index (χ0) is 14.5. The highest BCUT2D eigenvalue weighted by Gasteiger charge is 2.07. The van der Waals surface area contributed by atoms with Gasteiger partial charge in [0.15, 0.2) is 6.20 Å². The summed E-state index contributed by atoms with van der Waals surface area (Å²) in [6, 6.07) is 8.80. The van der Waals surface area contributed by atoms with Crippen molar-refractivity contribution in [3.8, 4) is 6.07 Å². The maximum atomic E-state index is 13.6. The van der Waals surface area contributed by atoms with Crippen molar-refractivity contribution in [2.75, 3.05) is 5.32 Å². The number of nitriles is 1. The van der Waals surface area contributed by atoms with E-state index in [9.17, 15) is 14.5 Å². The summed E-state index contributed by atoms with van der Waals surface area (Å²) in [5, 5.41) is 22.0. The third-order valence-corrected chi connectivity index (χ3v) is 2.60. The fraction of sp³-hybridized carbons (Fsp3) is 0.0769. The van der Waals surface area contributed by atoms with Crippen LogP contribution in [0.15, 0.2) is 36.5 Å². The summed E-state index contributed by atoms with van der Waals surface area (Å²) in [6.45, 7) is 0.192. The smallest absolute Gasteiger partial charge is 0.363 e. The van der Waals surface area contributed by atoms with Crippen LogP contribution in [-0.2, 0) is 6.54 Å². The second-order valence-corrected chi connectivity index (χ2v) is 3.93. The third kappa shape index (κ3) is 3.05. The van der Waals surface area contributed by atoms with E-state index in [-0.39, 0.29) is 17.9 Å². The molecule has 0 radical (unpaired) electrons. The van der Waals surface area contributed by atoms with Crippen LogP contribution >= 0.6 is 0 Å². The second kappa shape index (κ2) is 5.75. The van der Waals surface area contributed by atoms with Crippen molar-refractivity contribution in [1.82, 2.24) is 4.98 Å². The van der Waals surface area contributed by atoms with E-state index in [1.54, 1.807) is 0 Å². The normalized spacial score (nSPS) is 9.80. The Morgan fingerprint density at radius 3 is 2.75 bits per heavy atom. The molecule has 0 unspecified atom stereocenters. The zero-order valence-electron chi connectivity index (χ0n) is 10.2. The summed E-state index contributed by atoms with van der Waals surface area (Å²) in [7, 11) is 0. The SMILES string of the molecule is N#Cc1ccc(CNc2ccc([N+](=O)[O-])nc2)c(F)c1.